The lowest BCUT2D eigenvalue weighted by molar-refractivity contribution is -0.131. The quantitative estimate of drug-likeness (QED) is 0.740. The molecule has 92 valence electrons. The molecular formula is C12H17N3O2. The van der Waals surface area contributed by atoms with Crippen molar-refractivity contribution in [3.05, 3.63) is 18.2 Å². The Morgan fingerprint density at radius 3 is 3.29 bits per heavy atom. The molecule has 0 aliphatic carbocycles. The topological polar surface area (TPSA) is 47.4 Å². The fraction of sp³-hybridized carbons (Fsp3) is 0.667. The van der Waals surface area contributed by atoms with Gasteiger partial charge in [-0.1, -0.05) is 0 Å². The van der Waals surface area contributed by atoms with Crippen LogP contribution in [0.2, 0.25) is 0 Å². The van der Waals surface area contributed by atoms with Crippen LogP contribution in [0.15, 0.2) is 12.4 Å². The Morgan fingerprint density at radius 1 is 1.47 bits per heavy atom. The minimum absolute atomic E-state index is 0.0604. The van der Waals surface area contributed by atoms with Gasteiger partial charge in [0.15, 0.2) is 0 Å². The zero-order valence-electron chi connectivity index (χ0n) is 9.84. The lowest BCUT2D eigenvalue weighted by Gasteiger charge is -2.31. The highest BCUT2D eigenvalue weighted by Crippen LogP contribution is 2.16. The minimum atomic E-state index is 0.0604. The van der Waals surface area contributed by atoms with E-state index >= 15 is 0 Å². The van der Waals surface area contributed by atoms with Crippen molar-refractivity contribution < 1.29 is 9.53 Å². The van der Waals surface area contributed by atoms with Gasteiger partial charge in [-0.15, -0.1) is 0 Å². The van der Waals surface area contributed by atoms with Gasteiger partial charge < -0.3 is 9.30 Å². The molecule has 0 aromatic carbocycles. The largest absolute Gasteiger partial charge is 0.380 e. The molecule has 17 heavy (non-hydrogen) atoms. The summed E-state index contributed by atoms with van der Waals surface area (Å²) in [4.78, 5) is 18.4. The van der Waals surface area contributed by atoms with Gasteiger partial charge in [-0.05, 0) is 0 Å². The number of nitrogens with zero attached hydrogens (tertiary/aromatic N) is 3. The van der Waals surface area contributed by atoms with Crippen LogP contribution in [0.5, 0.6) is 0 Å². The molecule has 1 fully saturated rings. The number of hydrogen-bond donors (Lipinski definition) is 0. The van der Waals surface area contributed by atoms with E-state index < -0.39 is 0 Å². The van der Waals surface area contributed by atoms with Crippen LogP contribution in [0.3, 0.4) is 0 Å². The van der Waals surface area contributed by atoms with Crippen molar-refractivity contribution in [2.45, 2.75) is 19.5 Å². The Hall–Kier alpha value is -1.20. The Balaban J connectivity index is 1.61. The third-order valence-electron chi connectivity index (χ3n) is 3.57. The number of carbonyl (C=O) groups is 1. The third-order valence-corrected chi connectivity index (χ3v) is 3.57. The first-order chi connectivity index (χ1) is 8.33. The number of fused-ring (bicyclic) bond motifs is 1. The molecule has 0 bridgehead atoms. The predicted octanol–water partition coefficient (Wildman–Crippen LogP) is 0.304. The van der Waals surface area contributed by atoms with Crippen LogP contribution in [0, 0.1) is 5.92 Å². The van der Waals surface area contributed by atoms with Crippen LogP contribution >= 0.6 is 0 Å². The fourth-order valence-corrected chi connectivity index (χ4v) is 2.54. The van der Waals surface area contributed by atoms with Gasteiger partial charge in [0, 0.05) is 38.4 Å². The number of ether oxygens (including phenoxy) is 1. The average Bonchev–Trinajstić information content (AvgIpc) is 2.79. The first-order valence-electron chi connectivity index (χ1n) is 6.16. The van der Waals surface area contributed by atoms with E-state index in [9.17, 15) is 4.79 Å². The molecule has 1 atom stereocenters. The first-order valence-corrected chi connectivity index (χ1v) is 6.16. The van der Waals surface area contributed by atoms with E-state index in [0.717, 1.165) is 32.0 Å². The van der Waals surface area contributed by atoms with Crippen LogP contribution in [0.1, 0.15) is 12.2 Å². The molecule has 1 unspecified atom stereocenters. The number of rotatable bonds is 2. The monoisotopic (exact) mass is 235 g/mol. The molecule has 0 N–H and O–H groups in total. The smallest absolute Gasteiger partial charge is 0.141 e. The second-order valence-electron chi connectivity index (χ2n) is 4.76. The number of hydrogen-bond acceptors (Lipinski definition) is 4. The molecular weight excluding hydrogens is 218 g/mol. The number of ketones is 1. The van der Waals surface area contributed by atoms with Crippen molar-refractivity contribution >= 4 is 5.78 Å². The van der Waals surface area contributed by atoms with Gasteiger partial charge in [0.25, 0.3) is 0 Å². The second-order valence-corrected chi connectivity index (χ2v) is 4.76. The van der Waals surface area contributed by atoms with Gasteiger partial charge in [-0.2, -0.15) is 0 Å². The van der Waals surface area contributed by atoms with Crippen molar-refractivity contribution in [1.29, 1.82) is 0 Å². The number of imidazole rings is 1. The molecule has 1 saturated heterocycles. The lowest BCUT2D eigenvalue weighted by Crippen LogP contribution is -2.42. The molecule has 0 saturated carbocycles. The zero-order valence-corrected chi connectivity index (χ0v) is 9.84. The molecule has 1 aromatic heterocycles. The molecule has 3 rings (SSSR count). The van der Waals surface area contributed by atoms with Crippen LogP contribution < -0.4 is 0 Å². The molecule has 0 amide bonds. The van der Waals surface area contributed by atoms with Crippen molar-refractivity contribution in [1.82, 2.24) is 14.5 Å². The molecule has 0 radical (unpaired) electrons. The van der Waals surface area contributed by atoms with Crippen molar-refractivity contribution in [3.63, 3.8) is 0 Å². The van der Waals surface area contributed by atoms with Crippen LogP contribution in [0.25, 0.3) is 0 Å². The van der Waals surface area contributed by atoms with Gasteiger partial charge in [0.1, 0.15) is 11.6 Å². The average molecular weight is 235 g/mol. The number of Topliss-reactive ketones (excluding diaryl/α,β-unsaturated/α-hetero) is 1. The Kier molecular flexibility index (Phi) is 2.94. The van der Waals surface area contributed by atoms with Crippen LogP contribution in [-0.2, 0) is 22.6 Å². The van der Waals surface area contributed by atoms with Crippen LogP contribution in [0.4, 0.5) is 0 Å². The van der Waals surface area contributed by atoms with E-state index in [4.69, 9.17) is 4.74 Å². The summed E-state index contributed by atoms with van der Waals surface area (Å²) in [5, 5.41) is 0. The maximum Gasteiger partial charge on any atom is 0.141 e. The maximum atomic E-state index is 11.7. The molecule has 2 aliphatic rings. The van der Waals surface area contributed by atoms with Crippen molar-refractivity contribution in [2.75, 3.05) is 26.3 Å². The summed E-state index contributed by atoms with van der Waals surface area (Å²) in [6.07, 6.45) is 4.43. The van der Waals surface area contributed by atoms with E-state index in [-0.39, 0.29) is 5.92 Å². The van der Waals surface area contributed by atoms with E-state index in [1.807, 2.05) is 12.4 Å². The summed E-state index contributed by atoms with van der Waals surface area (Å²) in [5.74, 6) is 1.51. The van der Waals surface area contributed by atoms with Crippen molar-refractivity contribution in [3.8, 4) is 0 Å². The summed E-state index contributed by atoms with van der Waals surface area (Å²) < 4.78 is 7.56. The first kappa shape index (κ1) is 10.9. The van der Waals surface area contributed by atoms with Crippen LogP contribution in [-0.4, -0.2) is 46.5 Å². The van der Waals surface area contributed by atoms with Gasteiger partial charge in [-0.3, -0.25) is 9.69 Å². The Labute approximate surface area is 100 Å². The SMILES string of the molecule is O=C1CCOCC1CN1CCn2ccnc2C1. The summed E-state index contributed by atoms with van der Waals surface area (Å²) >= 11 is 0. The Bertz CT molecular complexity index is 416. The zero-order chi connectivity index (χ0) is 11.7. The highest BCUT2D eigenvalue weighted by atomic mass is 16.5. The van der Waals surface area contributed by atoms with E-state index in [2.05, 4.69) is 14.5 Å². The number of carbonyl (C=O) groups excluding carboxylic acids is 1. The highest BCUT2D eigenvalue weighted by Gasteiger charge is 2.26. The maximum absolute atomic E-state index is 11.7. The van der Waals surface area contributed by atoms with Gasteiger partial charge in [0.05, 0.1) is 25.7 Å². The minimum Gasteiger partial charge on any atom is -0.380 e. The van der Waals surface area contributed by atoms with Crippen molar-refractivity contribution in [2.24, 2.45) is 5.92 Å². The van der Waals surface area contributed by atoms with E-state index in [0.29, 0.717) is 25.4 Å². The molecule has 0 spiro atoms. The molecule has 2 aliphatic heterocycles. The molecule has 5 heteroatoms. The van der Waals surface area contributed by atoms with Gasteiger partial charge >= 0.3 is 0 Å². The van der Waals surface area contributed by atoms with E-state index in [1.54, 1.807) is 0 Å². The summed E-state index contributed by atoms with van der Waals surface area (Å²) in [6, 6.07) is 0. The summed E-state index contributed by atoms with van der Waals surface area (Å²) in [6.45, 7) is 4.80. The fourth-order valence-electron chi connectivity index (χ4n) is 2.54. The highest BCUT2D eigenvalue weighted by molar-refractivity contribution is 5.82. The predicted molar refractivity (Wildman–Crippen MR) is 61.4 cm³/mol. The summed E-state index contributed by atoms with van der Waals surface area (Å²) in [7, 11) is 0. The second kappa shape index (κ2) is 4.58. The molecule has 3 heterocycles. The van der Waals surface area contributed by atoms with E-state index in [1.165, 1.54) is 0 Å². The standard InChI is InChI=1S/C12H17N3O2/c16-11-1-6-17-9-10(11)7-14-4-5-15-3-2-13-12(15)8-14/h2-3,10H,1,4-9H2. The normalized spacial score (nSPS) is 25.9. The summed E-state index contributed by atoms with van der Waals surface area (Å²) in [5.41, 5.74) is 0. The third kappa shape index (κ3) is 2.25. The Morgan fingerprint density at radius 2 is 2.41 bits per heavy atom. The van der Waals surface area contributed by atoms with Gasteiger partial charge in [-0.25, -0.2) is 4.98 Å². The number of aromatic nitrogens is 2. The molecule has 5 nitrogen and oxygen atoms in total. The lowest BCUT2D eigenvalue weighted by atomic mass is 10.00. The molecule has 1 aromatic rings. The van der Waals surface area contributed by atoms with Gasteiger partial charge in [0.2, 0.25) is 0 Å².